The van der Waals surface area contributed by atoms with Gasteiger partial charge in [0, 0.05) is 4.88 Å². The quantitative estimate of drug-likeness (QED) is 0.614. The van der Waals surface area contributed by atoms with Crippen LogP contribution in [0.25, 0.3) is 21.6 Å². The first kappa shape index (κ1) is 11.6. The Bertz CT molecular complexity index is 739. The molecular formula is C13H8ClFN2S. The van der Waals surface area contributed by atoms with Crippen molar-refractivity contribution in [3.63, 3.8) is 0 Å². The molecule has 90 valence electrons. The van der Waals surface area contributed by atoms with Crippen LogP contribution in [-0.2, 0) is 0 Å². The molecule has 0 saturated carbocycles. The number of aromatic nitrogens is 2. The molecule has 2 nitrogen and oxygen atoms in total. The molecule has 0 fully saturated rings. The van der Waals surface area contributed by atoms with E-state index in [9.17, 15) is 4.39 Å². The third kappa shape index (κ3) is 1.87. The SMILES string of the molecule is Cc1ccc(-c2nc(Cl)c3c(F)cccc3n2)s1. The minimum atomic E-state index is -0.397. The van der Waals surface area contributed by atoms with Crippen LogP contribution in [0.3, 0.4) is 0 Å². The van der Waals surface area contributed by atoms with Gasteiger partial charge >= 0.3 is 0 Å². The van der Waals surface area contributed by atoms with E-state index in [4.69, 9.17) is 11.6 Å². The van der Waals surface area contributed by atoms with E-state index >= 15 is 0 Å². The molecule has 5 heteroatoms. The number of aryl methyl sites for hydroxylation is 1. The molecule has 18 heavy (non-hydrogen) atoms. The van der Waals surface area contributed by atoms with Gasteiger partial charge in [-0.2, -0.15) is 0 Å². The first-order valence-corrected chi connectivity index (χ1v) is 6.53. The summed E-state index contributed by atoms with van der Waals surface area (Å²) in [6.07, 6.45) is 0. The van der Waals surface area contributed by atoms with E-state index < -0.39 is 5.82 Å². The molecule has 0 radical (unpaired) electrons. The highest BCUT2D eigenvalue weighted by molar-refractivity contribution is 7.15. The zero-order valence-electron chi connectivity index (χ0n) is 9.45. The minimum absolute atomic E-state index is 0.152. The molecule has 0 N–H and O–H groups in total. The average molecular weight is 279 g/mol. The first-order valence-electron chi connectivity index (χ1n) is 5.34. The lowest BCUT2D eigenvalue weighted by atomic mass is 10.2. The van der Waals surface area contributed by atoms with Crippen molar-refractivity contribution < 1.29 is 4.39 Å². The Morgan fingerprint density at radius 3 is 2.72 bits per heavy atom. The maximum atomic E-state index is 13.6. The molecule has 0 saturated heterocycles. The second kappa shape index (κ2) is 4.30. The fraction of sp³-hybridized carbons (Fsp3) is 0.0769. The van der Waals surface area contributed by atoms with Crippen LogP contribution in [-0.4, -0.2) is 9.97 Å². The molecular weight excluding hydrogens is 271 g/mol. The van der Waals surface area contributed by atoms with Gasteiger partial charge in [0.2, 0.25) is 0 Å². The van der Waals surface area contributed by atoms with E-state index in [1.54, 1.807) is 23.5 Å². The molecule has 1 aromatic carbocycles. The third-order valence-corrected chi connectivity index (χ3v) is 3.86. The number of nitrogens with zero attached hydrogens (tertiary/aromatic N) is 2. The van der Waals surface area contributed by atoms with Crippen LogP contribution < -0.4 is 0 Å². The molecule has 0 aliphatic rings. The lowest BCUT2D eigenvalue weighted by Crippen LogP contribution is -1.92. The van der Waals surface area contributed by atoms with Crippen molar-refractivity contribution in [1.82, 2.24) is 9.97 Å². The van der Waals surface area contributed by atoms with Crippen LogP contribution >= 0.6 is 22.9 Å². The lowest BCUT2D eigenvalue weighted by Gasteiger charge is -2.03. The maximum Gasteiger partial charge on any atom is 0.171 e. The third-order valence-electron chi connectivity index (χ3n) is 2.59. The van der Waals surface area contributed by atoms with Gasteiger partial charge in [-0.05, 0) is 31.2 Å². The summed E-state index contributed by atoms with van der Waals surface area (Å²) in [5.41, 5.74) is 0.524. The molecule has 0 bridgehead atoms. The van der Waals surface area contributed by atoms with Gasteiger partial charge in [-0.1, -0.05) is 17.7 Å². The molecule has 3 rings (SSSR count). The number of fused-ring (bicyclic) bond motifs is 1. The number of thiophene rings is 1. The first-order chi connectivity index (χ1) is 8.65. The molecule has 0 atom stereocenters. The molecule has 0 spiro atoms. The van der Waals surface area contributed by atoms with E-state index in [1.165, 1.54) is 10.9 Å². The fourth-order valence-corrected chi connectivity index (χ4v) is 2.83. The zero-order chi connectivity index (χ0) is 12.7. The molecule has 0 aliphatic carbocycles. The highest BCUT2D eigenvalue weighted by Gasteiger charge is 2.12. The summed E-state index contributed by atoms with van der Waals surface area (Å²) in [6, 6.07) is 8.64. The van der Waals surface area contributed by atoms with Crippen molar-refractivity contribution in [3.8, 4) is 10.7 Å². The number of benzene rings is 1. The Hall–Kier alpha value is -1.52. The number of hydrogen-bond acceptors (Lipinski definition) is 3. The normalized spacial score (nSPS) is 11.1. The summed E-state index contributed by atoms with van der Waals surface area (Å²) in [4.78, 5) is 10.6. The summed E-state index contributed by atoms with van der Waals surface area (Å²) in [7, 11) is 0. The zero-order valence-corrected chi connectivity index (χ0v) is 11.0. The van der Waals surface area contributed by atoms with Crippen molar-refractivity contribution in [2.45, 2.75) is 6.92 Å². The van der Waals surface area contributed by atoms with Crippen LogP contribution in [0.2, 0.25) is 5.15 Å². The van der Waals surface area contributed by atoms with E-state index in [0.717, 1.165) is 4.88 Å². The molecule has 3 aromatic rings. The van der Waals surface area contributed by atoms with E-state index in [0.29, 0.717) is 11.3 Å². The van der Waals surface area contributed by atoms with Crippen molar-refractivity contribution in [1.29, 1.82) is 0 Å². The van der Waals surface area contributed by atoms with E-state index in [2.05, 4.69) is 9.97 Å². The molecule has 2 aromatic heterocycles. The highest BCUT2D eigenvalue weighted by atomic mass is 35.5. The Balaban J connectivity index is 2.28. The molecule has 2 heterocycles. The van der Waals surface area contributed by atoms with Gasteiger partial charge < -0.3 is 0 Å². The van der Waals surface area contributed by atoms with Gasteiger partial charge in [0.25, 0.3) is 0 Å². The van der Waals surface area contributed by atoms with Gasteiger partial charge in [0.05, 0.1) is 15.8 Å². The van der Waals surface area contributed by atoms with Crippen LogP contribution in [0.1, 0.15) is 4.88 Å². The minimum Gasteiger partial charge on any atom is -0.227 e. The standard InChI is InChI=1S/C13H8ClFN2S/c1-7-5-6-10(18-7)13-16-9-4-2-3-8(15)11(9)12(14)17-13/h2-6H,1H3. The van der Waals surface area contributed by atoms with Gasteiger partial charge in [-0.15, -0.1) is 11.3 Å². The van der Waals surface area contributed by atoms with E-state index in [-0.39, 0.29) is 10.5 Å². The number of halogens is 2. The lowest BCUT2D eigenvalue weighted by molar-refractivity contribution is 0.639. The predicted octanol–water partition coefficient (Wildman–Crippen LogP) is 4.46. The molecule has 0 amide bonds. The summed E-state index contributed by atoms with van der Waals surface area (Å²) >= 11 is 7.62. The van der Waals surface area contributed by atoms with Gasteiger partial charge in [0.15, 0.2) is 5.82 Å². The Kier molecular flexibility index (Phi) is 2.76. The monoisotopic (exact) mass is 278 g/mol. The van der Waals surface area contributed by atoms with Gasteiger partial charge in [-0.25, -0.2) is 14.4 Å². The Morgan fingerprint density at radius 2 is 2.00 bits per heavy atom. The van der Waals surface area contributed by atoms with Crippen molar-refractivity contribution in [3.05, 3.63) is 46.2 Å². The number of hydrogen-bond donors (Lipinski definition) is 0. The molecule has 0 aliphatic heterocycles. The predicted molar refractivity (Wildman–Crippen MR) is 72.6 cm³/mol. The Labute approximate surface area is 112 Å². The molecule has 0 unspecified atom stereocenters. The second-order valence-electron chi connectivity index (χ2n) is 3.88. The van der Waals surface area contributed by atoms with Gasteiger partial charge in [0.1, 0.15) is 11.0 Å². The topological polar surface area (TPSA) is 25.8 Å². The van der Waals surface area contributed by atoms with Crippen LogP contribution in [0.15, 0.2) is 30.3 Å². The highest BCUT2D eigenvalue weighted by Crippen LogP contribution is 2.30. The van der Waals surface area contributed by atoms with Crippen LogP contribution in [0, 0.1) is 12.7 Å². The van der Waals surface area contributed by atoms with Crippen molar-refractivity contribution in [2.75, 3.05) is 0 Å². The van der Waals surface area contributed by atoms with Gasteiger partial charge in [-0.3, -0.25) is 0 Å². The average Bonchev–Trinajstić information content (AvgIpc) is 2.75. The summed E-state index contributed by atoms with van der Waals surface area (Å²) < 4.78 is 13.6. The summed E-state index contributed by atoms with van der Waals surface area (Å²) in [5, 5.41) is 0.426. The maximum absolute atomic E-state index is 13.6. The van der Waals surface area contributed by atoms with Crippen LogP contribution in [0.5, 0.6) is 0 Å². The largest absolute Gasteiger partial charge is 0.227 e. The van der Waals surface area contributed by atoms with Crippen molar-refractivity contribution >= 4 is 33.8 Å². The summed E-state index contributed by atoms with van der Waals surface area (Å²) in [5.74, 6) is 0.141. The second-order valence-corrected chi connectivity index (χ2v) is 5.53. The number of rotatable bonds is 1. The fourth-order valence-electron chi connectivity index (χ4n) is 1.76. The Morgan fingerprint density at radius 1 is 1.17 bits per heavy atom. The smallest absolute Gasteiger partial charge is 0.171 e. The van der Waals surface area contributed by atoms with Crippen molar-refractivity contribution in [2.24, 2.45) is 0 Å². The van der Waals surface area contributed by atoms with Crippen LogP contribution in [0.4, 0.5) is 4.39 Å². The van der Waals surface area contributed by atoms with E-state index in [1.807, 2.05) is 19.1 Å². The summed E-state index contributed by atoms with van der Waals surface area (Å²) in [6.45, 7) is 2.01.